The number of aromatic nitrogens is 1. The fraction of sp³-hybridized carbons (Fsp3) is 0.350. The van der Waals surface area contributed by atoms with Gasteiger partial charge in [-0.05, 0) is 37.1 Å². The summed E-state index contributed by atoms with van der Waals surface area (Å²) in [5.74, 6) is 0. The Balaban J connectivity index is 2.46. The van der Waals surface area contributed by atoms with Crippen LogP contribution < -0.4 is 4.57 Å². The lowest BCUT2D eigenvalue weighted by molar-refractivity contribution is -0.756. The van der Waals surface area contributed by atoms with Crippen molar-refractivity contribution in [1.82, 2.24) is 0 Å². The summed E-state index contributed by atoms with van der Waals surface area (Å²) in [7, 11) is 0. The van der Waals surface area contributed by atoms with Crippen molar-refractivity contribution < 1.29 is 4.57 Å². The highest BCUT2D eigenvalue weighted by Gasteiger charge is 2.57. The van der Waals surface area contributed by atoms with Crippen LogP contribution in [0.15, 0.2) is 61.3 Å². The molecule has 0 saturated carbocycles. The van der Waals surface area contributed by atoms with Gasteiger partial charge in [-0.25, -0.2) is 0 Å². The van der Waals surface area contributed by atoms with Gasteiger partial charge in [0.1, 0.15) is 0 Å². The Morgan fingerprint density at radius 1 is 1.05 bits per heavy atom. The predicted molar refractivity (Wildman–Crippen MR) is 88.2 cm³/mol. The zero-order valence-electron chi connectivity index (χ0n) is 13.3. The highest BCUT2D eigenvalue weighted by molar-refractivity contribution is 5.65. The van der Waals surface area contributed by atoms with Gasteiger partial charge in [0.25, 0.3) is 0 Å². The van der Waals surface area contributed by atoms with Crippen LogP contribution in [0.3, 0.4) is 0 Å². The Kier molecular flexibility index (Phi) is 3.24. The van der Waals surface area contributed by atoms with Crippen molar-refractivity contribution in [3.05, 3.63) is 66.9 Å². The van der Waals surface area contributed by atoms with E-state index in [9.17, 15) is 0 Å². The Bertz CT molecular complexity index is 688. The fourth-order valence-electron chi connectivity index (χ4n) is 4.22. The van der Waals surface area contributed by atoms with E-state index < -0.39 is 0 Å². The van der Waals surface area contributed by atoms with Crippen LogP contribution in [0, 0.1) is 0 Å². The summed E-state index contributed by atoms with van der Waals surface area (Å²) >= 11 is 0. The third-order valence-corrected chi connectivity index (χ3v) is 5.63. The molecule has 2 atom stereocenters. The monoisotopic (exact) mass is 278 g/mol. The highest BCUT2D eigenvalue weighted by Crippen LogP contribution is 2.49. The fourth-order valence-corrected chi connectivity index (χ4v) is 4.22. The summed E-state index contributed by atoms with van der Waals surface area (Å²) in [6.45, 7) is 11.2. The molecular weight excluding hydrogens is 254 g/mol. The van der Waals surface area contributed by atoms with E-state index >= 15 is 0 Å². The number of hydrogen-bond acceptors (Lipinski definition) is 0. The lowest BCUT2D eigenvalue weighted by atomic mass is 9.60. The second-order valence-corrected chi connectivity index (χ2v) is 6.17. The highest BCUT2D eigenvalue weighted by atomic mass is 15.1. The van der Waals surface area contributed by atoms with Crippen LogP contribution in [0.25, 0.3) is 11.3 Å². The van der Waals surface area contributed by atoms with Crippen LogP contribution in [0.5, 0.6) is 0 Å². The molecule has 0 amide bonds. The van der Waals surface area contributed by atoms with E-state index in [1.54, 1.807) is 0 Å². The maximum absolute atomic E-state index is 4.22. The number of pyridine rings is 1. The van der Waals surface area contributed by atoms with Crippen molar-refractivity contribution in [3.8, 4) is 11.3 Å². The summed E-state index contributed by atoms with van der Waals surface area (Å²) in [6, 6.07) is 15.3. The maximum atomic E-state index is 4.22. The minimum atomic E-state index is -0.0767. The van der Waals surface area contributed by atoms with Crippen LogP contribution in [-0.4, -0.2) is 0 Å². The van der Waals surface area contributed by atoms with Crippen LogP contribution in [0.4, 0.5) is 0 Å². The smallest absolute Gasteiger partial charge is 0.188 e. The van der Waals surface area contributed by atoms with Crippen LogP contribution in [0.1, 0.15) is 39.2 Å². The molecule has 1 aromatic heterocycles. The zero-order valence-corrected chi connectivity index (χ0v) is 13.3. The first-order chi connectivity index (χ1) is 10.1. The van der Waals surface area contributed by atoms with Crippen molar-refractivity contribution in [2.45, 2.75) is 44.6 Å². The SMILES string of the molecule is C=CC1(CC)[n+]2ccccc2-c2ccccc2C1(C)CC. The van der Waals surface area contributed by atoms with Gasteiger partial charge in [-0.15, -0.1) is 0 Å². The molecule has 21 heavy (non-hydrogen) atoms. The predicted octanol–water partition coefficient (Wildman–Crippen LogP) is 4.61. The lowest BCUT2D eigenvalue weighted by Crippen LogP contribution is -2.68. The molecule has 1 aromatic carbocycles. The molecule has 0 bridgehead atoms. The number of allylic oxidation sites excluding steroid dienone is 1. The molecular formula is C20H24N+. The van der Waals surface area contributed by atoms with E-state index in [0.717, 1.165) is 12.8 Å². The molecule has 1 aliphatic rings. The molecule has 0 fully saturated rings. The van der Waals surface area contributed by atoms with Crippen molar-refractivity contribution in [2.24, 2.45) is 0 Å². The van der Waals surface area contributed by atoms with Crippen LogP contribution >= 0.6 is 0 Å². The normalized spacial score (nSPS) is 26.8. The first-order valence-electron chi connectivity index (χ1n) is 7.89. The molecule has 3 rings (SSSR count). The summed E-state index contributed by atoms with van der Waals surface area (Å²) in [5, 5.41) is 0. The Hall–Kier alpha value is -1.89. The molecule has 1 heteroatoms. The molecule has 2 aromatic rings. The number of nitrogens with zero attached hydrogens (tertiary/aromatic N) is 1. The molecule has 2 heterocycles. The van der Waals surface area contributed by atoms with Crippen molar-refractivity contribution in [1.29, 1.82) is 0 Å². The van der Waals surface area contributed by atoms with Gasteiger partial charge in [0.2, 0.25) is 5.69 Å². The van der Waals surface area contributed by atoms with E-state index in [4.69, 9.17) is 0 Å². The molecule has 0 radical (unpaired) electrons. The van der Waals surface area contributed by atoms with Crippen LogP contribution in [0.2, 0.25) is 0 Å². The first-order valence-corrected chi connectivity index (χ1v) is 7.89. The lowest BCUT2D eigenvalue weighted by Gasteiger charge is -2.46. The Labute approximate surface area is 128 Å². The summed E-state index contributed by atoms with van der Waals surface area (Å²) < 4.78 is 2.44. The van der Waals surface area contributed by atoms with Crippen molar-refractivity contribution >= 4 is 0 Å². The van der Waals surface area contributed by atoms with E-state index in [1.165, 1.54) is 16.8 Å². The second kappa shape index (κ2) is 4.84. The molecule has 0 N–H and O–H groups in total. The van der Waals surface area contributed by atoms with Gasteiger partial charge in [-0.3, -0.25) is 0 Å². The van der Waals surface area contributed by atoms with Crippen molar-refractivity contribution in [2.75, 3.05) is 0 Å². The number of fused-ring (bicyclic) bond motifs is 3. The van der Waals surface area contributed by atoms with E-state index in [0.29, 0.717) is 0 Å². The second-order valence-electron chi connectivity index (χ2n) is 6.17. The summed E-state index contributed by atoms with van der Waals surface area (Å²) in [4.78, 5) is 0. The number of rotatable bonds is 3. The van der Waals surface area contributed by atoms with Crippen LogP contribution in [-0.2, 0) is 11.0 Å². The molecule has 108 valence electrons. The molecule has 0 saturated heterocycles. The zero-order chi connectivity index (χ0) is 15.1. The van der Waals surface area contributed by atoms with Crippen molar-refractivity contribution in [3.63, 3.8) is 0 Å². The quantitative estimate of drug-likeness (QED) is 0.570. The van der Waals surface area contributed by atoms with Gasteiger partial charge >= 0.3 is 0 Å². The number of benzene rings is 1. The van der Waals surface area contributed by atoms with Gasteiger partial charge in [-0.1, -0.05) is 38.6 Å². The standard InChI is InChI=1S/C20H24N/c1-5-19(4)17-13-9-8-12-16(17)18-14-10-11-15-21(18)20(19,6-2)7-3/h6,8-15H,2,5,7H2,1,3-4H3/q+1. The maximum Gasteiger partial charge on any atom is 0.213 e. The first kappa shape index (κ1) is 14.1. The minimum absolute atomic E-state index is 0.0547. The molecule has 0 aliphatic carbocycles. The molecule has 1 aliphatic heterocycles. The summed E-state index contributed by atoms with van der Waals surface area (Å²) in [6.07, 6.45) is 6.50. The van der Waals surface area contributed by atoms with Gasteiger partial charge in [-0.2, -0.15) is 4.57 Å². The topological polar surface area (TPSA) is 3.88 Å². The van der Waals surface area contributed by atoms with Gasteiger partial charge in [0.15, 0.2) is 11.7 Å². The average molecular weight is 278 g/mol. The van der Waals surface area contributed by atoms with E-state index in [1.807, 2.05) is 0 Å². The largest absolute Gasteiger partial charge is 0.213 e. The molecule has 1 nitrogen and oxygen atoms in total. The molecule has 2 unspecified atom stereocenters. The average Bonchev–Trinajstić information content (AvgIpc) is 2.56. The van der Waals surface area contributed by atoms with E-state index in [-0.39, 0.29) is 11.0 Å². The number of hydrogen-bond donors (Lipinski definition) is 0. The molecule has 0 spiro atoms. The summed E-state index contributed by atoms with van der Waals surface area (Å²) in [5.41, 5.74) is 4.07. The third-order valence-electron chi connectivity index (χ3n) is 5.63. The van der Waals surface area contributed by atoms with E-state index in [2.05, 4.69) is 86.7 Å². The third kappa shape index (κ3) is 1.61. The Morgan fingerprint density at radius 2 is 1.76 bits per heavy atom. The van der Waals surface area contributed by atoms with Gasteiger partial charge in [0, 0.05) is 18.6 Å². The van der Waals surface area contributed by atoms with Gasteiger partial charge in [0.05, 0.1) is 11.0 Å². The van der Waals surface area contributed by atoms with Gasteiger partial charge < -0.3 is 0 Å². The minimum Gasteiger partial charge on any atom is -0.188 e. The Morgan fingerprint density at radius 3 is 2.43 bits per heavy atom.